The number of rotatable bonds is 5. The van der Waals surface area contributed by atoms with Crippen molar-refractivity contribution in [3.8, 4) is 0 Å². The predicted octanol–water partition coefficient (Wildman–Crippen LogP) is 2.28. The number of carbonyl (C=O) groups excluding carboxylic acids is 1. The van der Waals surface area contributed by atoms with E-state index in [2.05, 4.69) is 17.9 Å². The number of carbonyl (C=O) groups is 1. The van der Waals surface area contributed by atoms with Crippen molar-refractivity contribution in [2.24, 2.45) is 11.7 Å². The van der Waals surface area contributed by atoms with Gasteiger partial charge >= 0.3 is 0 Å². The van der Waals surface area contributed by atoms with Gasteiger partial charge in [0.15, 0.2) is 0 Å². The maximum absolute atomic E-state index is 11.1. The molecule has 1 fully saturated rings. The van der Waals surface area contributed by atoms with Crippen LogP contribution >= 0.6 is 0 Å². The molecule has 2 heterocycles. The van der Waals surface area contributed by atoms with E-state index in [1.54, 1.807) is 0 Å². The van der Waals surface area contributed by atoms with Crippen molar-refractivity contribution >= 4 is 5.91 Å². The quantitative estimate of drug-likeness (QED) is 0.887. The van der Waals surface area contributed by atoms with Gasteiger partial charge in [0, 0.05) is 11.8 Å². The molecule has 19 heavy (non-hydrogen) atoms. The Balaban J connectivity index is 1.73. The summed E-state index contributed by atoms with van der Waals surface area (Å²) in [4.78, 5) is 13.5. The van der Waals surface area contributed by atoms with Crippen molar-refractivity contribution in [3.05, 3.63) is 23.7 Å². The van der Waals surface area contributed by atoms with E-state index >= 15 is 0 Å². The van der Waals surface area contributed by atoms with Crippen molar-refractivity contribution < 1.29 is 9.21 Å². The Bertz CT molecular complexity index is 420. The molecule has 2 N–H and O–H groups in total. The van der Waals surface area contributed by atoms with E-state index in [9.17, 15) is 4.79 Å². The maximum atomic E-state index is 11.1. The molecule has 0 unspecified atom stereocenters. The number of likely N-dealkylation sites (tertiary alicyclic amines) is 1. The highest BCUT2D eigenvalue weighted by atomic mass is 16.3. The third kappa shape index (κ3) is 3.83. The van der Waals surface area contributed by atoms with Crippen LogP contribution in [-0.2, 0) is 4.79 Å². The highest BCUT2D eigenvalue weighted by Gasteiger charge is 2.23. The van der Waals surface area contributed by atoms with E-state index in [4.69, 9.17) is 10.2 Å². The summed E-state index contributed by atoms with van der Waals surface area (Å²) in [5, 5.41) is 0. The highest BCUT2D eigenvalue weighted by Crippen LogP contribution is 2.23. The second-order valence-corrected chi connectivity index (χ2v) is 5.66. The molecule has 1 saturated heterocycles. The van der Waals surface area contributed by atoms with Crippen LogP contribution in [0.1, 0.15) is 43.6 Å². The normalized spacial score (nSPS) is 19.5. The fourth-order valence-electron chi connectivity index (χ4n) is 2.68. The SMILES string of the molecule is Cc1ccc([C@H](C)CCN2CCC(C(N)=O)CC2)o1. The molecule has 1 aromatic rings. The molecule has 4 nitrogen and oxygen atoms in total. The summed E-state index contributed by atoms with van der Waals surface area (Å²) in [6, 6.07) is 4.09. The van der Waals surface area contributed by atoms with Gasteiger partial charge in [-0.05, 0) is 58.0 Å². The lowest BCUT2D eigenvalue weighted by Crippen LogP contribution is -2.39. The topological polar surface area (TPSA) is 59.5 Å². The van der Waals surface area contributed by atoms with Gasteiger partial charge in [-0.15, -0.1) is 0 Å². The molecule has 106 valence electrons. The molecule has 0 saturated carbocycles. The zero-order valence-corrected chi connectivity index (χ0v) is 11.9. The van der Waals surface area contributed by atoms with E-state index in [1.165, 1.54) is 0 Å². The van der Waals surface area contributed by atoms with E-state index in [-0.39, 0.29) is 11.8 Å². The molecule has 1 aliphatic heterocycles. The molecule has 0 aliphatic carbocycles. The largest absolute Gasteiger partial charge is 0.466 e. The van der Waals surface area contributed by atoms with Crippen LogP contribution in [0.4, 0.5) is 0 Å². The third-order valence-electron chi connectivity index (χ3n) is 4.12. The number of nitrogens with two attached hydrogens (primary N) is 1. The molecule has 1 aromatic heterocycles. The van der Waals surface area contributed by atoms with Gasteiger partial charge in [-0.25, -0.2) is 0 Å². The van der Waals surface area contributed by atoms with E-state index in [0.717, 1.165) is 50.4 Å². The van der Waals surface area contributed by atoms with Crippen molar-refractivity contribution in [1.82, 2.24) is 4.90 Å². The van der Waals surface area contributed by atoms with E-state index in [0.29, 0.717) is 5.92 Å². The molecule has 1 aliphatic rings. The maximum Gasteiger partial charge on any atom is 0.220 e. The summed E-state index contributed by atoms with van der Waals surface area (Å²) in [6.45, 7) is 7.21. The molecule has 1 amide bonds. The van der Waals surface area contributed by atoms with E-state index in [1.807, 2.05) is 13.0 Å². The van der Waals surface area contributed by atoms with Gasteiger partial charge in [-0.3, -0.25) is 4.79 Å². The molecule has 0 aromatic carbocycles. The first-order chi connectivity index (χ1) is 9.06. The fourth-order valence-corrected chi connectivity index (χ4v) is 2.68. The highest BCUT2D eigenvalue weighted by molar-refractivity contribution is 5.76. The molecular weight excluding hydrogens is 240 g/mol. The minimum atomic E-state index is -0.140. The van der Waals surface area contributed by atoms with Crippen molar-refractivity contribution in [2.75, 3.05) is 19.6 Å². The predicted molar refractivity (Wildman–Crippen MR) is 74.8 cm³/mol. The Kier molecular flexibility index (Phi) is 4.64. The number of hydrogen-bond donors (Lipinski definition) is 1. The summed E-state index contributed by atoms with van der Waals surface area (Å²) >= 11 is 0. The fraction of sp³-hybridized carbons (Fsp3) is 0.667. The number of hydrogen-bond acceptors (Lipinski definition) is 3. The average molecular weight is 264 g/mol. The second kappa shape index (κ2) is 6.24. The number of nitrogens with zero attached hydrogens (tertiary/aromatic N) is 1. The number of furan rings is 1. The third-order valence-corrected chi connectivity index (χ3v) is 4.12. The Morgan fingerprint density at radius 3 is 2.68 bits per heavy atom. The van der Waals surface area contributed by atoms with Crippen LogP contribution in [0.25, 0.3) is 0 Å². The number of aryl methyl sites for hydroxylation is 1. The molecule has 0 radical (unpaired) electrons. The van der Waals surface area contributed by atoms with Crippen LogP contribution in [-0.4, -0.2) is 30.4 Å². The molecule has 2 rings (SSSR count). The van der Waals surface area contributed by atoms with Gasteiger partial charge in [0.05, 0.1) is 0 Å². The first kappa shape index (κ1) is 14.1. The summed E-state index contributed by atoms with van der Waals surface area (Å²) in [6.07, 6.45) is 2.90. The van der Waals surface area contributed by atoms with Crippen LogP contribution < -0.4 is 5.73 Å². The van der Waals surface area contributed by atoms with Gasteiger partial charge in [0.25, 0.3) is 0 Å². The summed E-state index contributed by atoms with van der Waals surface area (Å²) in [5.41, 5.74) is 5.34. The molecule has 4 heteroatoms. The lowest BCUT2D eigenvalue weighted by atomic mass is 9.95. The monoisotopic (exact) mass is 264 g/mol. The standard InChI is InChI=1S/C15H24N2O2/c1-11(14-4-3-12(2)19-14)5-8-17-9-6-13(7-10-17)15(16)18/h3-4,11,13H,5-10H2,1-2H3,(H2,16,18)/t11-/m1/s1. The van der Waals surface area contributed by atoms with Gasteiger partial charge < -0.3 is 15.1 Å². The number of primary amides is 1. The zero-order valence-electron chi connectivity index (χ0n) is 11.9. The molecule has 0 bridgehead atoms. The van der Waals surface area contributed by atoms with Crippen LogP contribution in [0.15, 0.2) is 16.5 Å². The number of piperidine rings is 1. The smallest absolute Gasteiger partial charge is 0.220 e. The lowest BCUT2D eigenvalue weighted by molar-refractivity contribution is -0.123. The molecule has 1 atom stereocenters. The van der Waals surface area contributed by atoms with Crippen molar-refractivity contribution in [3.63, 3.8) is 0 Å². The van der Waals surface area contributed by atoms with Gasteiger partial charge in [-0.1, -0.05) is 6.92 Å². The minimum absolute atomic E-state index is 0.0846. The first-order valence-corrected chi connectivity index (χ1v) is 7.14. The van der Waals surface area contributed by atoms with Crippen molar-refractivity contribution in [2.45, 2.75) is 39.0 Å². The minimum Gasteiger partial charge on any atom is -0.466 e. The van der Waals surface area contributed by atoms with Crippen LogP contribution in [0.2, 0.25) is 0 Å². The number of amides is 1. The van der Waals surface area contributed by atoms with Crippen LogP contribution in [0, 0.1) is 12.8 Å². The summed E-state index contributed by atoms with van der Waals surface area (Å²) in [5.74, 6) is 2.44. The first-order valence-electron chi connectivity index (χ1n) is 7.14. The van der Waals surface area contributed by atoms with Crippen LogP contribution in [0.5, 0.6) is 0 Å². The Morgan fingerprint density at radius 2 is 2.16 bits per heavy atom. The Morgan fingerprint density at radius 1 is 1.47 bits per heavy atom. The molecular formula is C15H24N2O2. The van der Waals surface area contributed by atoms with E-state index < -0.39 is 0 Å². The average Bonchev–Trinajstić information content (AvgIpc) is 2.83. The Labute approximate surface area is 114 Å². The Hall–Kier alpha value is -1.29. The van der Waals surface area contributed by atoms with Gasteiger partial charge in [0.2, 0.25) is 5.91 Å². The van der Waals surface area contributed by atoms with Crippen LogP contribution in [0.3, 0.4) is 0 Å². The summed E-state index contributed by atoms with van der Waals surface area (Å²) < 4.78 is 5.65. The second-order valence-electron chi connectivity index (χ2n) is 5.66. The van der Waals surface area contributed by atoms with Crippen molar-refractivity contribution in [1.29, 1.82) is 0 Å². The zero-order chi connectivity index (χ0) is 13.8. The van der Waals surface area contributed by atoms with Gasteiger partial charge in [-0.2, -0.15) is 0 Å². The molecule has 0 spiro atoms. The lowest BCUT2D eigenvalue weighted by Gasteiger charge is -2.30. The van der Waals surface area contributed by atoms with Gasteiger partial charge in [0.1, 0.15) is 11.5 Å². The summed E-state index contributed by atoms with van der Waals surface area (Å²) in [7, 11) is 0.